The Hall–Kier alpha value is -1.82. The van der Waals surface area contributed by atoms with E-state index in [-0.39, 0.29) is 11.9 Å². The molecule has 1 atom stereocenters. The molecule has 1 aliphatic carbocycles. The molecule has 7 heteroatoms. The van der Waals surface area contributed by atoms with Gasteiger partial charge in [0.2, 0.25) is 0 Å². The average Bonchev–Trinajstić information content (AvgIpc) is 3.21. The van der Waals surface area contributed by atoms with Crippen LogP contribution in [-0.2, 0) is 13.6 Å². The minimum absolute atomic E-state index is 0.0160. The van der Waals surface area contributed by atoms with E-state index in [4.69, 9.17) is 21.7 Å². The molecule has 0 radical (unpaired) electrons. The third-order valence-corrected chi connectivity index (χ3v) is 5.24. The van der Waals surface area contributed by atoms with Gasteiger partial charge in [0.1, 0.15) is 11.5 Å². The molecule has 3 heterocycles. The molecule has 2 aromatic rings. The van der Waals surface area contributed by atoms with E-state index in [1.165, 1.54) is 12.8 Å². The van der Waals surface area contributed by atoms with E-state index < -0.39 is 0 Å². The molecule has 4 rings (SSSR count). The van der Waals surface area contributed by atoms with Crippen LogP contribution < -0.4 is 0 Å². The molecular formula is C18H24ClN5O. The molecule has 1 aliphatic heterocycles. The van der Waals surface area contributed by atoms with E-state index in [9.17, 15) is 4.79 Å². The van der Waals surface area contributed by atoms with E-state index in [2.05, 4.69) is 13.8 Å². The zero-order valence-electron chi connectivity index (χ0n) is 14.9. The Kier molecular flexibility index (Phi) is 4.10. The van der Waals surface area contributed by atoms with Gasteiger partial charge in [-0.05, 0) is 31.2 Å². The smallest absolute Gasteiger partial charge is 0.271 e. The quantitative estimate of drug-likeness (QED) is 0.838. The molecule has 1 fully saturated rings. The van der Waals surface area contributed by atoms with Gasteiger partial charge in [0.25, 0.3) is 5.91 Å². The van der Waals surface area contributed by atoms with Gasteiger partial charge in [0, 0.05) is 25.7 Å². The Morgan fingerprint density at radius 2 is 2.12 bits per heavy atom. The van der Waals surface area contributed by atoms with Crippen molar-refractivity contribution in [2.75, 3.05) is 6.54 Å². The van der Waals surface area contributed by atoms with Crippen LogP contribution in [0.4, 0.5) is 0 Å². The Morgan fingerprint density at radius 1 is 1.36 bits per heavy atom. The van der Waals surface area contributed by atoms with Crippen molar-refractivity contribution in [2.24, 2.45) is 13.0 Å². The first kappa shape index (κ1) is 16.6. The number of carbonyl (C=O) groups is 1. The van der Waals surface area contributed by atoms with E-state index >= 15 is 0 Å². The van der Waals surface area contributed by atoms with E-state index in [0.717, 1.165) is 18.1 Å². The lowest BCUT2D eigenvalue weighted by Crippen LogP contribution is -2.43. The third-order valence-electron chi connectivity index (χ3n) is 5.03. The summed E-state index contributed by atoms with van der Waals surface area (Å²) in [5.41, 5.74) is 0.620. The molecule has 0 bridgehead atoms. The molecule has 0 N–H and O–H groups in total. The van der Waals surface area contributed by atoms with E-state index in [0.29, 0.717) is 35.6 Å². The Morgan fingerprint density at radius 3 is 2.72 bits per heavy atom. The van der Waals surface area contributed by atoms with Crippen molar-refractivity contribution >= 4 is 17.5 Å². The summed E-state index contributed by atoms with van der Waals surface area (Å²) in [5.74, 6) is 2.90. The number of halogens is 1. The summed E-state index contributed by atoms with van der Waals surface area (Å²) in [4.78, 5) is 20.0. The molecule has 1 amide bonds. The summed E-state index contributed by atoms with van der Waals surface area (Å²) in [6.07, 6.45) is 5.02. The zero-order chi connectivity index (χ0) is 17.7. The normalized spacial score (nSPS) is 20.2. The number of hydrogen-bond acceptors (Lipinski definition) is 3. The summed E-state index contributed by atoms with van der Waals surface area (Å²) < 4.78 is 3.81. The van der Waals surface area contributed by atoms with Gasteiger partial charge in [-0.2, -0.15) is 5.10 Å². The summed E-state index contributed by atoms with van der Waals surface area (Å²) >= 11 is 6.08. The number of amides is 1. The maximum atomic E-state index is 13.2. The summed E-state index contributed by atoms with van der Waals surface area (Å²) in [6.45, 7) is 5.71. The zero-order valence-corrected chi connectivity index (χ0v) is 15.7. The van der Waals surface area contributed by atoms with Gasteiger partial charge in [-0.1, -0.05) is 25.4 Å². The molecular weight excluding hydrogens is 338 g/mol. The highest BCUT2D eigenvalue weighted by atomic mass is 35.5. The van der Waals surface area contributed by atoms with Crippen LogP contribution in [-0.4, -0.2) is 36.7 Å². The van der Waals surface area contributed by atoms with Crippen LogP contribution in [0.15, 0.2) is 12.3 Å². The van der Waals surface area contributed by atoms with Crippen molar-refractivity contribution < 1.29 is 4.79 Å². The number of carbonyl (C=O) groups excluding carboxylic acids is 1. The molecule has 134 valence electrons. The fourth-order valence-electron chi connectivity index (χ4n) is 3.60. The van der Waals surface area contributed by atoms with Gasteiger partial charge in [-0.15, -0.1) is 0 Å². The molecule has 0 saturated heterocycles. The van der Waals surface area contributed by atoms with Crippen LogP contribution in [0, 0.1) is 5.92 Å². The summed E-state index contributed by atoms with van der Waals surface area (Å²) in [7, 11) is 1.86. The lowest BCUT2D eigenvalue weighted by Gasteiger charge is -2.36. The highest BCUT2D eigenvalue weighted by Gasteiger charge is 2.37. The lowest BCUT2D eigenvalue weighted by atomic mass is 10.00. The van der Waals surface area contributed by atoms with Crippen LogP contribution >= 0.6 is 11.6 Å². The standard InChI is InChI=1S/C18H24ClN5O/c1-11(2)8-14-17-20-16(12-4-5-12)21-24(17)7-6-23(14)18(25)15-9-13(19)10-22(15)3/h9-12,14H,4-8H2,1-3H3/t14-/m0/s1. The van der Waals surface area contributed by atoms with Crippen LogP contribution in [0.2, 0.25) is 5.02 Å². The van der Waals surface area contributed by atoms with Crippen LogP contribution in [0.5, 0.6) is 0 Å². The number of nitrogens with zero attached hydrogens (tertiary/aromatic N) is 5. The van der Waals surface area contributed by atoms with E-state index in [1.54, 1.807) is 16.8 Å². The van der Waals surface area contributed by atoms with Crippen molar-refractivity contribution in [3.05, 3.63) is 34.6 Å². The van der Waals surface area contributed by atoms with Crippen LogP contribution in [0.1, 0.15) is 67.2 Å². The Bertz CT molecular complexity index is 804. The van der Waals surface area contributed by atoms with E-state index in [1.807, 2.05) is 16.6 Å². The molecule has 0 aromatic carbocycles. The van der Waals surface area contributed by atoms with Crippen molar-refractivity contribution in [3.8, 4) is 0 Å². The summed E-state index contributed by atoms with van der Waals surface area (Å²) in [5, 5.41) is 5.29. The van der Waals surface area contributed by atoms with Crippen LogP contribution in [0.3, 0.4) is 0 Å². The molecule has 2 aliphatic rings. The second-order valence-corrected chi connectivity index (χ2v) is 8.06. The van der Waals surface area contributed by atoms with Crippen molar-refractivity contribution in [2.45, 2.75) is 51.6 Å². The monoisotopic (exact) mass is 361 g/mol. The largest absolute Gasteiger partial charge is 0.345 e. The topological polar surface area (TPSA) is 56.0 Å². The lowest BCUT2D eigenvalue weighted by molar-refractivity contribution is 0.0569. The molecule has 2 aromatic heterocycles. The minimum Gasteiger partial charge on any atom is -0.345 e. The number of rotatable bonds is 4. The first-order valence-electron chi connectivity index (χ1n) is 9.01. The number of aromatic nitrogens is 4. The Labute approximate surface area is 152 Å². The second kappa shape index (κ2) is 6.16. The highest BCUT2D eigenvalue weighted by molar-refractivity contribution is 6.31. The fraction of sp³-hybridized carbons (Fsp3) is 0.611. The average molecular weight is 362 g/mol. The van der Waals surface area contributed by atoms with Crippen molar-refractivity contribution in [1.82, 2.24) is 24.2 Å². The van der Waals surface area contributed by atoms with Gasteiger partial charge >= 0.3 is 0 Å². The maximum Gasteiger partial charge on any atom is 0.271 e. The Balaban J connectivity index is 1.68. The van der Waals surface area contributed by atoms with Gasteiger partial charge in [-0.3, -0.25) is 4.79 Å². The van der Waals surface area contributed by atoms with Gasteiger partial charge in [0.15, 0.2) is 5.82 Å². The number of fused-ring (bicyclic) bond motifs is 1. The first-order chi connectivity index (χ1) is 11.9. The molecule has 6 nitrogen and oxygen atoms in total. The van der Waals surface area contributed by atoms with Crippen LogP contribution in [0.25, 0.3) is 0 Å². The van der Waals surface area contributed by atoms with Crippen molar-refractivity contribution in [1.29, 1.82) is 0 Å². The fourth-order valence-corrected chi connectivity index (χ4v) is 3.85. The highest BCUT2D eigenvalue weighted by Crippen LogP contribution is 2.40. The van der Waals surface area contributed by atoms with Gasteiger partial charge in [0.05, 0.1) is 17.6 Å². The molecule has 0 spiro atoms. The molecule has 25 heavy (non-hydrogen) atoms. The predicted molar refractivity (Wildman–Crippen MR) is 95.7 cm³/mol. The second-order valence-electron chi connectivity index (χ2n) is 7.62. The van der Waals surface area contributed by atoms with Gasteiger partial charge < -0.3 is 9.47 Å². The molecule has 0 unspecified atom stereocenters. The predicted octanol–water partition coefficient (Wildman–Crippen LogP) is 3.39. The van der Waals surface area contributed by atoms with Gasteiger partial charge in [-0.25, -0.2) is 9.67 Å². The number of hydrogen-bond donors (Lipinski definition) is 0. The molecule has 1 saturated carbocycles. The third kappa shape index (κ3) is 3.08. The maximum absolute atomic E-state index is 13.2. The summed E-state index contributed by atoms with van der Waals surface area (Å²) in [6, 6.07) is 1.71. The first-order valence-corrected chi connectivity index (χ1v) is 9.39. The SMILES string of the molecule is CC(C)C[C@H]1c2nc(C3CC3)nn2CCN1C(=O)c1cc(Cl)cn1C. The minimum atomic E-state index is -0.0325. The van der Waals surface area contributed by atoms with Crippen molar-refractivity contribution in [3.63, 3.8) is 0 Å². The number of aryl methyl sites for hydroxylation is 1.